The van der Waals surface area contributed by atoms with Crippen LogP contribution < -0.4 is 5.32 Å². The van der Waals surface area contributed by atoms with E-state index in [1.165, 1.54) is 11.3 Å². The molecule has 2 rings (SSSR count). The van der Waals surface area contributed by atoms with E-state index in [4.69, 9.17) is 4.74 Å². The van der Waals surface area contributed by atoms with Crippen LogP contribution >= 0.6 is 0 Å². The Balaban J connectivity index is 1.81. The maximum absolute atomic E-state index is 5.26. The van der Waals surface area contributed by atoms with Gasteiger partial charge in [-0.05, 0) is 30.9 Å². The lowest BCUT2D eigenvalue weighted by Gasteiger charge is -2.34. The minimum absolute atomic E-state index is 0.465. The first-order chi connectivity index (χ1) is 7.83. The first-order valence-corrected chi connectivity index (χ1v) is 6.02. The van der Waals surface area contributed by atoms with Crippen LogP contribution in [0.25, 0.3) is 0 Å². The van der Waals surface area contributed by atoms with E-state index >= 15 is 0 Å². The first kappa shape index (κ1) is 11.6. The smallest absolute Gasteiger partial charge is 0.0601 e. The molecule has 88 valence electrons. The van der Waals surface area contributed by atoms with Gasteiger partial charge in [0.25, 0.3) is 0 Å². The third-order valence-corrected chi connectivity index (χ3v) is 3.35. The normalized spacial score (nSPS) is 24.1. The van der Waals surface area contributed by atoms with E-state index in [9.17, 15) is 0 Å². The second kappa shape index (κ2) is 5.41. The van der Waals surface area contributed by atoms with Gasteiger partial charge in [0.05, 0.1) is 11.8 Å². The molecule has 1 N–H and O–H groups in total. The van der Waals surface area contributed by atoms with Gasteiger partial charge in [-0.3, -0.25) is 4.98 Å². The van der Waals surface area contributed by atoms with Gasteiger partial charge < -0.3 is 10.1 Å². The molecule has 1 fully saturated rings. The number of nitrogens with one attached hydrogen (secondary N) is 1. The molecule has 0 aliphatic heterocycles. The molecule has 0 saturated heterocycles. The van der Waals surface area contributed by atoms with Gasteiger partial charge in [0.2, 0.25) is 0 Å². The Morgan fingerprint density at radius 3 is 3.00 bits per heavy atom. The lowest BCUT2D eigenvalue weighted by Crippen LogP contribution is -2.44. The SMILES string of the molecule is CCc1cccnc1CNC1CC(OC)C1. The van der Waals surface area contributed by atoms with E-state index in [0.29, 0.717) is 12.1 Å². The zero-order valence-corrected chi connectivity index (χ0v) is 10.1. The van der Waals surface area contributed by atoms with Crippen molar-refractivity contribution in [1.82, 2.24) is 10.3 Å². The molecular formula is C13H20N2O. The maximum Gasteiger partial charge on any atom is 0.0601 e. The average Bonchev–Trinajstić information content (AvgIpc) is 2.28. The quantitative estimate of drug-likeness (QED) is 0.823. The lowest BCUT2D eigenvalue weighted by molar-refractivity contribution is 0.0169. The molecule has 1 saturated carbocycles. The summed E-state index contributed by atoms with van der Waals surface area (Å²) in [4.78, 5) is 4.43. The van der Waals surface area contributed by atoms with Gasteiger partial charge in [0.15, 0.2) is 0 Å². The van der Waals surface area contributed by atoms with Gasteiger partial charge in [-0.2, -0.15) is 0 Å². The number of hydrogen-bond donors (Lipinski definition) is 1. The van der Waals surface area contributed by atoms with Crippen LogP contribution in [0.4, 0.5) is 0 Å². The Morgan fingerprint density at radius 1 is 1.50 bits per heavy atom. The molecule has 0 radical (unpaired) electrons. The zero-order valence-electron chi connectivity index (χ0n) is 10.1. The third-order valence-electron chi connectivity index (χ3n) is 3.35. The van der Waals surface area contributed by atoms with E-state index < -0.39 is 0 Å². The maximum atomic E-state index is 5.26. The van der Waals surface area contributed by atoms with Crippen molar-refractivity contribution in [2.24, 2.45) is 0 Å². The van der Waals surface area contributed by atoms with Crippen LogP contribution in [0.1, 0.15) is 31.0 Å². The molecule has 0 unspecified atom stereocenters. The molecule has 1 aliphatic carbocycles. The van der Waals surface area contributed by atoms with Crippen molar-refractivity contribution in [3.05, 3.63) is 29.6 Å². The second-order valence-electron chi connectivity index (χ2n) is 4.37. The molecule has 3 nitrogen and oxygen atoms in total. The van der Waals surface area contributed by atoms with E-state index in [0.717, 1.165) is 25.8 Å². The van der Waals surface area contributed by atoms with Crippen molar-refractivity contribution in [2.45, 2.75) is 44.9 Å². The second-order valence-corrected chi connectivity index (χ2v) is 4.37. The van der Waals surface area contributed by atoms with Crippen LogP contribution in [-0.4, -0.2) is 24.2 Å². The minimum Gasteiger partial charge on any atom is -0.381 e. The Labute approximate surface area is 97.2 Å². The Bertz CT molecular complexity index is 334. The van der Waals surface area contributed by atoms with E-state index in [-0.39, 0.29) is 0 Å². The largest absolute Gasteiger partial charge is 0.381 e. The molecule has 3 heteroatoms. The number of aryl methyl sites for hydroxylation is 1. The summed E-state index contributed by atoms with van der Waals surface area (Å²) < 4.78 is 5.26. The molecule has 1 heterocycles. The van der Waals surface area contributed by atoms with Crippen molar-refractivity contribution >= 4 is 0 Å². The number of nitrogens with zero attached hydrogens (tertiary/aromatic N) is 1. The van der Waals surface area contributed by atoms with Gasteiger partial charge in [0, 0.05) is 25.9 Å². The number of aromatic nitrogens is 1. The van der Waals surface area contributed by atoms with Crippen molar-refractivity contribution in [2.75, 3.05) is 7.11 Å². The Morgan fingerprint density at radius 2 is 2.31 bits per heavy atom. The zero-order chi connectivity index (χ0) is 11.4. The summed E-state index contributed by atoms with van der Waals surface area (Å²) >= 11 is 0. The highest BCUT2D eigenvalue weighted by Crippen LogP contribution is 2.22. The molecule has 1 aliphatic rings. The number of ether oxygens (including phenoxy) is 1. The number of hydrogen-bond acceptors (Lipinski definition) is 3. The standard InChI is InChI=1S/C13H20N2O/c1-3-10-5-4-6-14-13(10)9-15-11-7-12(8-11)16-2/h4-6,11-12,15H,3,7-9H2,1-2H3. The van der Waals surface area contributed by atoms with Gasteiger partial charge in [0.1, 0.15) is 0 Å². The summed E-state index contributed by atoms with van der Waals surface area (Å²) in [6.45, 7) is 3.05. The van der Waals surface area contributed by atoms with E-state index in [2.05, 4.69) is 23.3 Å². The fraction of sp³-hybridized carbons (Fsp3) is 0.615. The van der Waals surface area contributed by atoms with Crippen LogP contribution in [0.15, 0.2) is 18.3 Å². The minimum atomic E-state index is 0.465. The molecule has 16 heavy (non-hydrogen) atoms. The number of methoxy groups -OCH3 is 1. The highest BCUT2D eigenvalue weighted by Gasteiger charge is 2.28. The van der Waals surface area contributed by atoms with Crippen LogP contribution in [0.3, 0.4) is 0 Å². The summed E-state index contributed by atoms with van der Waals surface area (Å²) in [6, 6.07) is 4.77. The lowest BCUT2D eigenvalue weighted by atomic mass is 9.89. The summed E-state index contributed by atoms with van der Waals surface area (Å²) in [6.07, 6.45) is 5.65. The summed E-state index contributed by atoms with van der Waals surface area (Å²) in [5.41, 5.74) is 2.53. The highest BCUT2D eigenvalue weighted by molar-refractivity contribution is 5.19. The molecule has 1 aromatic heterocycles. The molecule has 0 bridgehead atoms. The summed E-state index contributed by atoms with van der Waals surface area (Å²) in [7, 11) is 1.79. The average molecular weight is 220 g/mol. The van der Waals surface area contributed by atoms with Crippen LogP contribution in [0.2, 0.25) is 0 Å². The molecule has 0 aromatic carbocycles. The fourth-order valence-electron chi connectivity index (χ4n) is 2.12. The molecule has 0 amide bonds. The summed E-state index contributed by atoms with van der Waals surface area (Å²) in [5, 5.41) is 3.53. The number of rotatable bonds is 5. The first-order valence-electron chi connectivity index (χ1n) is 6.02. The fourth-order valence-corrected chi connectivity index (χ4v) is 2.12. The van der Waals surface area contributed by atoms with Crippen molar-refractivity contribution in [1.29, 1.82) is 0 Å². The molecular weight excluding hydrogens is 200 g/mol. The van der Waals surface area contributed by atoms with Crippen LogP contribution in [-0.2, 0) is 17.7 Å². The molecule has 1 aromatic rings. The highest BCUT2D eigenvalue weighted by atomic mass is 16.5. The molecule has 0 atom stereocenters. The van der Waals surface area contributed by atoms with Crippen molar-refractivity contribution in [3.63, 3.8) is 0 Å². The monoisotopic (exact) mass is 220 g/mol. The van der Waals surface area contributed by atoms with Crippen LogP contribution in [0, 0.1) is 0 Å². The van der Waals surface area contributed by atoms with E-state index in [1.54, 1.807) is 7.11 Å². The summed E-state index contributed by atoms with van der Waals surface area (Å²) in [5.74, 6) is 0. The topological polar surface area (TPSA) is 34.2 Å². The van der Waals surface area contributed by atoms with Gasteiger partial charge in [-0.1, -0.05) is 13.0 Å². The molecule has 0 spiro atoms. The third kappa shape index (κ3) is 2.60. The Hall–Kier alpha value is -0.930. The van der Waals surface area contributed by atoms with Crippen LogP contribution in [0.5, 0.6) is 0 Å². The number of pyridine rings is 1. The predicted molar refractivity (Wildman–Crippen MR) is 64.3 cm³/mol. The predicted octanol–water partition coefficient (Wildman–Crippen LogP) is 1.91. The van der Waals surface area contributed by atoms with Crippen molar-refractivity contribution < 1.29 is 4.74 Å². The van der Waals surface area contributed by atoms with Gasteiger partial charge in [-0.15, -0.1) is 0 Å². The Kier molecular flexibility index (Phi) is 3.91. The van der Waals surface area contributed by atoms with Gasteiger partial charge in [-0.25, -0.2) is 0 Å². The van der Waals surface area contributed by atoms with E-state index in [1.807, 2.05) is 12.3 Å². The van der Waals surface area contributed by atoms with Gasteiger partial charge >= 0.3 is 0 Å². The van der Waals surface area contributed by atoms with Crippen molar-refractivity contribution in [3.8, 4) is 0 Å².